The summed E-state index contributed by atoms with van der Waals surface area (Å²) in [6.07, 6.45) is 0. The van der Waals surface area contributed by atoms with Gasteiger partial charge in [0, 0.05) is 16.6 Å². The molecule has 2 nitrogen and oxygen atoms in total. The van der Waals surface area contributed by atoms with E-state index in [1.54, 1.807) is 13.2 Å². The molecule has 0 fully saturated rings. The van der Waals surface area contributed by atoms with E-state index in [0.717, 1.165) is 21.5 Å². The van der Waals surface area contributed by atoms with Gasteiger partial charge in [-0.2, -0.15) is 0 Å². The Hall–Kier alpha value is -1.55. The van der Waals surface area contributed by atoms with Crippen LogP contribution in [0, 0.1) is 12.7 Å². The van der Waals surface area contributed by atoms with Crippen molar-refractivity contribution in [3.63, 3.8) is 0 Å². The van der Waals surface area contributed by atoms with Gasteiger partial charge >= 0.3 is 0 Å². The lowest BCUT2D eigenvalue weighted by atomic mass is 10.2. The van der Waals surface area contributed by atoms with Gasteiger partial charge in [0.1, 0.15) is 11.6 Å². The number of nitrogens with one attached hydrogen (secondary N) is 1. The van der Waals surface area contributed by atoms with Crippen LogP contribution in [0.2, 0.25) is 0 Å². The van der Waals surface area contributed by atoms with Gasteiger partial charge in [-0.3, -0.25) is 0 Å². The van der Waals surface area contributed by atoms with Gasteiger partial charge < -0.3 is 10.1 Å². The van der Waals surface area contributed by atoms with Gasteiger partial charge in [0.25, 0.3) is 0 Å². The fourth-order valence-electron chi connectivity index (χ4n) is 1.82. The molecule has 19 heavy (non-hydrogen) atoms. The third-order valence-electron chi connectivity index (χ3n) is 2.84. The summed E-state index contributed by atoms with van der Waals surface area (Å²) in [6, 6.07) is 10.9. The Morgan fingerprint density at radius 1 is 1.21 bits per heavy atom. The van der Waals surface area contributed by atoms with E-state index in [2.05, 4.69) is 21.2 Å². The standard InChI is InChI=1S/C15H15BrFNO/c1-10-3-6-15(19-2)14(7-10)18-9-11-4-5-12(16)8-13(11)17/h3-8,18H,9H2,1-2H3. The summed E-state index contributed by atoms with van der Waals surface area (Å²) in [5.74, 6) is 0.525. The highest BCUT2D eigenvalue weighted by atomic mass is 79.9. The highest BCUT2D eigenvalue weighted by Crippen LogP contribution is 2.26. The van der Waals surface area contributed by atoms with Crippen molar-refractivity contribution in [2.75, 3.05) is 12.4 Å². The van der Waals surface area contributed by atoms with Crippen molar-refractivity contribution in [2.24, 2.45) is 0 Å². The molecule has 0 aliphatic heterocycles. The Kier molecular flexibility index (Phi) is 4.43. The third kappa shape index (κ3) is 3.47. The molecule has 0 aliphatic rings. The number of hydrogen-bond acceptors (Lipinski definition) is 2. The summed E-state index contributed by atoms with van der Waals surface area (Å²) in [5.41, 5.74) is 2.61. The van der Waals surface area contributed by atoms with E-state index in [4.69, 9.17) is 4.74 Å². The fraction of sp³-hybridized carbons (Fsp3) is 0.200. The van der Waals surface area contributed by atoms with Gasteiger partial charge in [0.2, 0.25) is 0 Å². The fourth-order valence-corrected chi connectivity index (χ4v) is 2.15. The molecule has 0 saturated carbocycles. The average molecular weight is 324 g/mol. The maximum atomic E-state index is 13.7. The molecule has 100 valence electrons. The van der Waals surface area contributed by atoms with E-state index < -0.39 is 0 Å². The normalized spacial score (nSPS) is 10.3. The summed E-state index contributed by atoms with van der Waals surface area (Å²) >= 11 is 3.24. The van der Waals surface area contributed by atoms with Gasteiger partial charge in [-0.15, -0.1) is 0 Å². The maximum absolute atomic E-state index is 13.7. The topological polar surface area (TPSA) is 21.3 Å². The average Bonchev–Trinajstić information content (AvgIpc) is 2.38. The number of anilines is 1. The first kappa shape index (κ1) is 13.9. The summed E-state index contributed by atoms with van der Waals surface area (Å²) in [7, 11) is 1.62. The van der Waals surface area contributed by atoms with Crippen LogP contribution in [0.25, 0.3) is 0 Å². The predicted molar refractivity (Wildman–Crippen MR) is 79.2 cm³/mol. The molecule has 0 bridgehead atoms. The second kappa shape index (κ2) is 6.06. The van der Waals surface area contributed by atoms with Crippen LogP contribution in [0.15, 0.2) is 40.9 Å². The minimum Gasteiger partial charge on any atom is -0.495 e. The molecule has 0 heterocycles. The Bertz CT molecular complexity index is 586. The first-order chi connectivity index (χ1) is 9.10. The highest BCUT2D eigenvalue weighted by molar-refractivity contribution is 9.10. The van der Waals surface area contributed by atoms with Gasteiger partial charge in [-0.1, -0.05) is 28.1 Å². The molecule has 0 spiro atoms. The molecule has 4 heteroatoms. The molecule has 2 aromatic rings. The molecule has 0 radical (unpaired) electrons. The van der Waals surface area contributed by atoms with Crippen LogP contribution >= 0.6 is 15.9 Å². The summed E-state index contributed by atoms with van der Waals surface area (Å²) < 4.78 is 19.7. The van der Waals surface area contributed by atoms with E-state index >= 15 is 0 Å². The molecule has 0 saturated heterocycles. The second-order valence-corrected chi connectivity index (χ2v) is 5.21. The van der Waals surface area contributed by atoms with Crippen LogP contribution < -0.4 is 10.1 Å². The number of ether oxygens (including phenoxy) is 1. The lowest BCUT2D eigenvalue weighted by Crippen LogP contribution is -2.03. The molecule has 0 unspecified atom stereocenters. The number of aryl methyl sites for hydroxylation is 1. The van der Waals surface area contributed by atoms with Crippen LogP contribution in [0.1, 0.15) is 11.1 Å². The van der Waals surface area contributed by atoms with Crippen LogP contribution in [0.4, 0.5) is 10.1 Å². The lowest BCUT2D eigenvalue weighted by Gasteiger charge is -2.12. The number of rotatable bonds is 4. The zero-order chi connectivity index (χ0) is 13.8. The van der Waals surface area contributed by atoms with Gasteiger partial charge in [0.05, 0.1) is 12.8 Å². The largest absolute Gasteiger partial charge is 0.495 e. The number of halogens is 2. The molecule has 1 N–H and O–H groups in total. The van der Waals surface area contributed by atoms with E-state index in [1.165, 1.54) is 6.07 Å². The molecule has 0 amide bonds. The van der Waals surface area contributed by atoms with E-state index in [1.807, 2.05) is 31.2 Å². The maximum Gasteiger partial charge on any atom is 0.141 e. The van der Waals surface area contributed by atoms with Gasteiger partial charge in [-0.25, -0.2) is 4.39 Å². The van der Waals surface area contributed by atoms with E-state index in [9.17, 15) is 4.39 Å². The Balaban J connectivity index is 2.16. The Morgan fingerprint density at radius 2 is 2.00 bits per heavy atom. The molecule has 0 aromatic heterocycles. The van der Waals surface area contributed by atoms with E-state index in [0.29, 0.717) is 12.1 Å². The molecule has 2 aromatic carbocycles. The highest BCUT2D eigenvalue weighted by Gasteiger charge is 2.06. The summed E-state index contributed by atoms with van der Waals surface area (Å²) in [4.78, 5) is 0. The third-order valence-corrected chi connectivity index (χ3v) is 3.33. The number of hydrogen-bond donors (Lipinski definition) is 1. The quantitative estimate of drug-likeness (QED) is 0.893. The molecular formula is C15H15BrFNO. The first-order valence-corrected chi connectivity index (χ1v) is 6.72. The summed E-state index contributed by atoms with van der Waals surface area (Å²) in [5, 5.41) is 3.20. The molecular weight excluding hydrogens is 309 g/mol. The minimum atomic E-state index is -0.228. The second-order valence-electron chi connectivity index (χ2n) is 4.29. The van der Waals surface area contributed by atoms with Crippen LogP contribution in [-0.2, 0) is 6.54 Å². The zero-order valence-corrected chi connectivity index (χ0v) is 12.4. The first-order valence-electron chi connectivity index (χ1n) is 5.92. The van der Waals surface area contributed by atoms with Crippen LogP contribution in [0.5, 0.6) is 5.75 Å². The molecule has 2 rings (SSSR count). The smallest absolute Gasteiger partial charge is 0.141 e. The van der Waals surface area contributed by atoms with Gasteiger partial charge in [-0.05, 0) is 36.8 Å². The van der Waals surface area contributed by atoms with Gasteiger partial charge in [0.15, 0.2) is 0 Å². The van der Waals surface area contributed by atoms with E-state index in [-0.39, 0.29) is 5.82 Å². The molecule has 0 atom stereocenters. The van der Waals surface area contributed by atoms with Crippen molar-refractivity contribution >= 4 is 21.6 Å². The van der Waals surface area contributed by atoms with Crippen molar-refractivity contribution in [3.05, 3.63) is 57.8 Å². The Labute approximate surface area is 120 Å². The molecule has 0 aliphatic carbocycles. The Morgan fingerprint density at radius 3 is 2.68 bits per heavy atom. The summed E-state index contributed by atoms with van der Waals surface area (Å²) in [6.45, 7) is 2.42. The van der Waals surface area contributed by atoms with Crippen LogP contribution in [0.3, 0.4) is 0 Å². The van der Waals surface area contributed by atoms with Crippen molar-refractivity contribution < 1.29 is 9.13 Å². The van der Waals surface area contributed by atoms with Crippen molar-refractivity contribution in [1.82, 2.24) is 0 Å². The lowest BCUT2D eigenvalue weighted by molar-refractivity contribution is 0.416. The van der Waals surface area contributed by atoms with Crippen molar-refractivity contribution in [2.45, 2.75) is 13.5 Å². The zero-order valence-electron chi connectivity index (χ0n) is 10.8. The SMILES string of the molecule is COc1ccc(C)cc1NCc1ccc(Br)cc1F. The number of methoxy groups -OCH3 is 1. The van der Waals surface area contributed by atoms with Crippen LogP contribution in [-0.4, -0.2) is 7.11 Å². The number of benzene rings is 2. The monoisotopic (exact) mass is 323 g/mol. The predicted octanol–water partition coefficient (Wildman–Crippen LogP) is 4.52. The van der Waals surface area contributed by atoms with Crippen molar-refractivity contribution in [1.29, 1.82) is 0 Å². The minimum absolute atomic E-state index is 0.228. The van der Waals surface area contributed by atoms with Crippen molar-refractivity contribution in [3.8, 4) is 5.75 Å².